The summed E-state index contributed by atoms with van der Waals surface area (Å²) in [6, 6.07) is 15.5. The summed E-state index contributed by atoms with van der Waals surface area (Å²) in [4.78, 5) is 10.6. The van der Waals surface area contributed by atoms with Crippen LogP contribution in [-0.2, 0) is 13.9 Å². The highest BCUT2D eigenvalue weighted by Gasteiger charge is 2.23. The summed E-state index contributed by atoms with van der Waals surface area (Å²) < 4.78 is 16.7. The maximum absolute atomic E-state index is 11.8. The van der Waals surface area contributed by atoms with Crippen molar-refractivity contribution in [2.45, 2.75) is 27.7 Å². The van der Waals surface area contributed by atoms with Crippen molar-refractivity contribution >= 4 is 18.7 Å². The van der Waals surface area contributed by atoms with E-state index in [1.807, 2.05) is 0 Å². The van der Waals surface area contributed by atoms with Crippen molar-refractivity contribution in [3.8, 4) is 0 Å². The molecular weight excluding hydrogens is 295 g/mol. The molecule has 0 bridgehead atoms. The van der Waals surface area contributed by atoms with Crippen LogP contribution in [-0.4, -0.2) is 12.6 Å². The lowest BCUT2D eigenvalue weighted by atomic mass is 10.1. The largest absolute Gasteiger partial charge is 0.321 e. The van der Waals surface area contributed by atoms with Gasteiger partial charge in [-0.3, -0.25) is 9.36 Å². The highest BCUT2D eigenvalue weighted by Crippen LogP contribution is 2.41. The zero-order valence-corrected chi connectivity index (χ0v) is 14.5. The summed E-state index contributed by atoms with van der Waals surface area (Å²) in [5, 5.41) is 0.451. The Morgan fingerprint density at radius 2 is 1.41 bits per heavy atom. The maximum Gasteiger partial charge on any atom is 0.292 e. The van der Waals surface area contributed by atoms with E-state index in [9.17, 15) is 9.36 Å². The number of carbonyl (C=O) groups excluding carboxylic acids is 1. The fourth-order valence-electron chi connectivity index (χ4n) is 2.20. The molecule has 2 aromatic carbocycles. The second-order valence-corrected chi connectivity index (χ2v) is 7.30. The van der Waals surface area contributed by atoms with E-state index in [2.05, 4.69) is 39.0 Å². The molecule has 0 saturated heterocycles. The number of aryl methyl sites for hydroxylation is 3. The molecule has 2 rings (SSSR count). The molecule has 0 radical (unpaired) electrons. The zero-order chi connectivity index (χ0) is 16.6. The van der Waals surface area contributed by atoms with Crippen LogP contribution in [0.25, 0.3) is 0 Å². The van der Waals surface area contributed by atoms with Crippen molar-refractivity contribution in [1.82, 2.24) is 0 Å². The van der Waals surface area contributed by atoms with E-state index in [4.69, 9.17) is 4.52 Å². The molecule has 118 valence electrons. The summed E-state index contributed by atoms with van der Waals surface area (Å²) in [6.45, 7) is 8.35. The highest BCUT2D eigenvalue weighted by molar-refractivity contribution is 7.80. The van der Waals surface area contributed by atoms with Gasteiger partial charge in [0.2, 0.25) is 6.03 Å². The first-order valence-electron chi connectivity index (χ1n) is 7.22. The highest BCUT2D eigenvalue weighted by atomic mass is 31.2. The first-order valence-corrected chi connectivity index (χ1v) is 8.92. The summed E-state index contributed by atoms with van der Waals surface area (Å²) >= 11 is 0. The monoisotopic (exact) mass is 318 g/mol. The second-order valence-electron chi connectivity index (χ2n) is 5.12. The Hall–Kier alpha value is -1.70. The fourth-order valence-corrected chi connectivity index (χ4v) is 3.50. The third kappa shape index (κ3) is 5.59. The van der Waals surface area contributed by atoms with Crippen molar-refractivity contribution in [2.75, 3.05) is 6.61 Å². The number of hydrogen-bond donors (Lipinski definition) is 0. The van der Waals surface area contributed by atoms with Crippen LogP contribution in [0.4, 0.5) is 0 Å². The minimum atomic E-state index is -3.23. The molecule has 0 spiro atoms. The van der Waals surface area contributed by atoms with Crippen LogP contribution in [0.5, 0.6) is 0 Å². The zero-order valence-electron chi connectivity index (χ0n) is 13.6. The van der Waals surface area contributed by atoms with E-state index in [1.165, 1.54) is 16.7 Å². The van der Waals surface area contributed by atoms with Gasteiger partial charge < -0.3 is 4.52 Å². The van der Waals surface area contributed by atoms with Gasteiger partial charge in [-0.15, -0.1) is 0 Å². The van der Waals surface area contributed by atoms with E-state index in [-0.39, 0.29) is 6.61 Å². The summed E-state index contributed by atoms with van der Waals surface area (Å²) in [6.07, 6.45) is 0. The van der Waals surface area contributed by atoms with Gasteiger partial charge in [-0.25, -0.2) is 0 Å². The van der Waals surface area contributed by atoms with Crippen LogP contribution in [0.1, 0.15) is 23.6 Å². The van der Waals surface area contributed by atoms with E-state index in [0.717, 1.165) is 0 Å². The average molecular weight is 318 g/mol. The smallest absolute Gasteiger partial charge is 0.292 e. The van der Waals surface area contributed by atoms with Crippen LogP contribution in [0.3, 0.4) is 0 Å². The molecule has 0 saturated carbocycles. The molecule has 1 atom stereocenters. The van der Waals surface area contributed by atoms with Crippen molar-refractivity contribution < 1.29 is 13.9 Å². The number of benzene rings is 2. The number of hydrogen-bond acceptors (Lipinski definition) is 3. The van der Waals surface area contributed by atoms with Gasteiger partial charge in [0.05, 0.1) is 6.61 Å². The van der Waals surface area contributed by atoms with Gasteiger partial charge in [0.1, 0.15) is 0 Å². The predicted octanol–water partition coefficient (Wildman–Crippen LogP) is 4.43. The number of rotatable bonds is 4. The van der Waals surface area contributed by atoms with Crippen molar-refractivity contribution in [3.63, 3.8) is 0 Å². The van der Waals surface area contributed by atoms with E-state index in [0.29, 0.717) is 11.3 Å². The van der Waals surface area contributed by atoms with Gasteiger partial charge >= 0.3 is 0 Å². The van der Waals surface area contributed by atoms with E-state index < -0.39 is 7.37 Å². The third-order valence-corrected chi connectivity index (χ3v) is 4.88. The normalized spacial score (nSPS) is 12.7. The van der Waals surface area contributed by atoms with Gasteiger partial charge in [-0.2, -0.15) is 0 Å². The lowest BCUT2D eigenvalue weighted by Gasteiger charge is -2.10. The molecule has 0 amide bonds. The topological polar surface area (TPSA) is 43.4 Å². The molecule has 22 heavy (non-hydrogen) atoms. The lowest BCUT2D eigenvalue weighted by molar-refractivity contribution is 0.348. The van der Waals surface area contributed by atoms with Crippen LogP contribution >= 0.6 is 7.37 Å². The molecule has 0 N–H and O–H groups in total. The van der Waals surface area contributed by atoms with Crippen LogP contribution < -0.4 is 5.30 Å². The summed E-state index contributed by atoms with van der Waals surface area (Å²) in [7, 11) is -3.23. The maximum atomic E-state index is 11.8. The molecular formula is C18H23O3P. The van der Waals surface area contributed by atoms with Crippen molar-refractivity contribution in [1.29, 1.82) is 0 Å². The molecule has 0 aliphatic carbocycles. The Morgan fingerprint density at radius 1 is 0.955 bits per heavy atom. The summed E-state index contributed by atoms with van der Waals surface area (Å²) in [5.41, 5.74) is 4.06. The van der Waals surface area contributed by atoms with Gasteiger partial charge in [0.25, 0.3) is 7.37 Å². The molecule has 2 aromatic rings. The SMILES string of the molecule is CCOP(=O)(C=O)c1ccccc1.Cc1cc(C)cc(C)c1. The Kier molecular flexibility index (Phi) is 7.23. The first-order chi connectivity index (χ1) is 10.4. The van der Waals surface area contributed by atoms with Crippen LogP contribution in [0, 0.1) is 20.8 Å². The van der Waals surface area contributed by atoms with Gasteiger partial charge in [0.15, 0.2) is 0 Å². The van der Waals surface area contributed by atoms with Crippen molar-refractivity contribution in [3.05, 3.63) is 65.2 Å². The Bertz CT molecular complexity index is 600. The molecule has 1 unspecified atom stereocenters. The molecule has 0 aliphatic rings. The quantitative estimate of drug-likeness (QED) is 0.619. The minimum absolute atomic E-state index is 0.269. The predicted molar refractivity (Wildman–Crippen MR) is 92.7 cm³/mol. The van der Waals surface area contributed by atoms with Gasteiger partial charge in [-0.1, -0.05) is 53.1 Å². The van der Waals surface area contributed by atoms with Crippen LogP contribution in [0.2, 0.25) is 0 Å². The van der Waals surface area contributed by atoms with Crippen LogP contribution in [0.15, 0.2) is 48.5 Å². The first kappa shape index (κ1) is 18.3. The Morgan fingerprint density at radius 3 is 1.77 bits per heavy atom. The Labute approximate surface area is 132 Å². The third-order valence-electron chi connectivity index (χ3n) is 2.94. The lowest BCUT2D eigenvalue weighted by Crippen LogP contribution is -2.07. The number of carbonyl (C=O) groups is 1. The fraction of sp³-hybridized carbons (Fsp3) is 0.278. The molecule has 3 nitrogen and oxygen atoms in total. The summed E-state index contributed by atoms with van der Waals surface area (Å²) in [5.74, 6) is 0. The standard InChI is InChI=1S/C9H11O3P.C9H12/c1-2-12-13(11,8-10)9-6-4-3-5-7-9;1-7-4-8(2)6-9(3)5-7/h3-8H,2H2,1H3;4-6H,1-3H3. The van der Waals surface area contributed by atoms with Gasteiger partial charge in [0, 0.05) is 5.30 Å². The average Bonchev–Trinajstić information content (AvgIpc) is 2.47. The molecule has 0 aliphatic heterocycles. The van der Waals surface area contributed by atoms with Gasteiger partial charge in [-0.05, 0) is 39.8 Å². The van der Waals surface area contributed by atoms with Crippen molar-refractivity contribution in [2.24, 2.45) is 0 Å². The van der Waals surface area contributed by atoms with E-state index in [1.54, 1.807) is 37.3 Å². The molecule has 4 heteroatoms. The minimum Gasteiger partial charge on any atom is -0.321 e. The molecule has 0 fully saturated rings. The van der Waals surface area contributed by atoms with E-state index >= 15 is 0 Å². The Balaban J connectivity index is 0.000000235. The molecule has 0 aromatic heterocycles. The molecule has 0 heterocycles. The second kappa shape index (κ2) is 8.67.